The van der Waals surface area contributed by atoms with Gasteiger partial charge in [0.1, 0.15) is 11.5 Å². The van der Waals surface area contributed by atoms with Gasteiger partial charge in [0, 0.05) is 18.2 Å². The Labute approximate surface area is 181 Å². The number of fused-ring (bicyclic) bond motifs is 1. The molecule has 1 aliphatic rings. The summed E-state index contributed by atoms with van der Waals surface area (Å²) in [5, 5.41) is 12.8. The Kier molecular flexibility index (Phi) is 6.25. The molecule has 4 rings (SSSR count). The van der Waals surface area contributed by atoms with Crippen LogP contribution in [0.1, 0.15) is 17.5 Å². The first-order valence-corrected chi connectivity index (χ1v) is 10.1. The molecule has 1 heterocycles. The molecule has 0 aliphatic carbocycles. The van der Waals surface area contributed by atoms with Crippen molar-refractivity contribution in [1.82, 2.24) is 0 Å². The maximum atomic E-state index is 12.6. The number of nitrogens with one attached hydrogen (secondary N) is 1. The zero-order valence-electron chi connectivity index (χ0n) is 17.6. The molecule has 0 saturated heterocycles. The lowest BCUT2D eigenvalue weighted by molar-refractivity contribution is -0.116. The third kappa shape index (κ3) is 4.73. The molecule has 0 unspecified atom stereocenters. The highest BCUT2D eigenvalue weighted by atomic mass is 16.5. The number of carbonyl (C=O) groups excluding carboxylic acids is 1. The smallest absolute Gasteiger partial charge is 0.491 e. The van der Waals surface area contributed by atoms with Crippen molar-refractivity contribution in [2.75, 3.05) is 19.5 Å². The Bertz CT molecular complexity index is 1080. The summed E-state index contributed by atoms with van der Waals surface area (Å²) in [5.41, 5.74) is 5.41. The highest BCUT2D eigenvalue weighted by Crippen LogP contribution is 2.31. The molecule has 158 valence electrons. The lowest BCUT2D eigenvalue weighted by atomic mass is 9.78. The van der Waals surface area contributed by atoms with Crippen LogP contribution in [-0.4, -0.2) is 32.3 Å². The van der Waals surface area contributed by atoms with E-state index in [1.54, 1.807) is 14.2 Å². The van der Waals surface area contributed by atoms with Gasteiger partial charge in [-0.05, 0) is 58.4 Å². The number of carbonyl (C=O) groups is 1. The Hall–Kier alpha value is -3.29. The second-order valence-electron chi connectivity index (χ2n) is 7.38. The van der Waals surface area contributed by atoms with Crippen molar-refractivity contribution in [2.45, 2.75) is 19.4 Å². The number of hydrogen-bond acceptors (Lipinski definition) is 5. The molecule has 6 nitrogen and oxygen atoms in total. The summed E-state index contributed by atoms with van der Waals surface area (Å²) >= 11 is 0. The normalized spacial score (nSPS) is 12.4. The molecule has 1 aliphatic heterocycles. The van der Waals surface area contributed by atoms with Gasteiger partial charge in [-0.1, -0.05) is 30.3 Å². The number of rotatable bonds is 7. The molecule has 0 radical (unpaired) electrons. The Morgan fingerprint density at radius 1 is 1.03 bits per heavy atom. The standard InChI is InChI=1S/C24H24BNO5/c1-29-20-12-18(13-21(14-20)30-2)17-6-3-7-19(11-17)26-24(27)10-9-16-5-4-8-23-22(16)15-31-25(23)28/h3-8,11-14,28H,9-10,15H2,1-2H3,(H,26,27). The molecule has 0 atom stereocenters. The van der Waals surface area contributed by atoms with E-state index < -0.39 is 7.12 Å². The van der Waals surface area contributed by atoms with Crippen LogP contribution in [0.25, 0.3) is 11.1 Å². The number of benzene rings is 3. The molecule has 7 heteroatoms. The van der Waals surface area contributed by atoms with Crippen molar-refractivity contribution in [3.05, 3.63) is 71.8 Å². The monoisotopic (exact) mass is 417 g/mol. The molecule has 2 N–H and O–H groups in total. The van der Waals surface area contributed by atoms with Crippen LogP contribution in [0.2, 0.25) is 0 Å². The summed E-state index contributed by atoms with van der Waals surface area (Å²) < 4.78 is 16.0. The van der Waals surface area contributed by atoms with Gasteiger partial charge in [0.15, 0.2) is 0 Å². The van der Waals surface area contributed by atoms with Gasteiger partial charge in [0.05, 0.1) is 20.8 Å². The van der Waals surface area contributed by atoms with Crippen LogP contribution in [0.3, 0.4) is 0 Å². The van der Waals surface area contributed by atoms with Gasteiger partial charge < -0.3 is 24.5 Å². The van der Waals surface area contributed by atoms with E-state index in [0.717, 1.165) is 33.4 Å². The fraction of sp³-hybridized carbons (Fsp3) is 0.208. The lowest BCUT2D eigenvalue weighted by Gasteiger charge is -2.11. The minimum absolute atomic E-state index is 0.0718. The van der Waals surface area contributed by atoms with Crippen LogP contribution in [0.5, 0.6) is 11.5 Å². The Balaban J connectivity index is 1.44. The third-order valence-corrected chi connectivity index (χ3v) is 5.41. The van der Waals surface area contributed by atoms with Crippen LogP contribution in [0, 0.1) is 0 Å². The topological polar surface area (TPSA) is 77.0 Å². The molecular weight excluding hydrogens is 393 g/mol. The number of methoxy groups -OCH3 is 2. The van der Waals surface area contributed by atoms with Crippen molar-refractivity contribution in [3.8, 4) is 22.6 Å². The maximum Gasteiger partial charge on any atom is 0.491 e. The fourth-order valence-electron chi connectivity index (χ4n) is 3.77. The van der Waals surface area contributed by atoms with E-state index in [-0.39, 0.29) is 5.91 Å². The summed E-state index contributed by atoms with van der Waals surface area (Å²) in [4.78, 5) is 12.6. The summed E-state index contributed by atoms with van der Waals surface area (Å²) in [5.74, 6) is 1.33. The van der Waals surface area contributed by atoms with Crippen LogP contribution >= 0.6 is 0 Å². The summed E-state index contributed by atoms with van der Waals surface area (Å²) in [7, 11) is 2.36. The van der Waals surface area contributed by atoms with E-state index in [0.29, 0.717) is 30.9 Å². The first-order valence-electron chi connectivity index (χ1n) is 10.1. The number of hydrogen-bond donors (Lipinski definition) is 2. The highest BCUT2D eigenvalue weighted by Gasteiger charge is 2.28. The summed E-state index contributed by atoms with van der Waals surface area (Å²) in [6.07, 6.45) is 0.918. The zero-order chi connectivity index (χ0) is 21.8. The van der Waals surface area contributed by atoms with E-state index in [4.69, 9.17) is 14.1 Å². The number of ether oxygens (including phenoxy) is 2. The molecule has 0 bridgehead atoms. The molecule has 3 aromatic carbocycles. The second kappa shape index (κ2) is 9.24. The van der Waals surface area contributed by atoms with Crippen molar-refractivity contribution < 1.29 is 23.9 Å². The fourth-order valence-corrected chi connectivity index (χ4v) is 3.77. The molecule has 0 saturated carbocycles. The van der Waals surface area contributed by atoms with Gasteiger partial charge in [-0.25, -0.2) is 0 Å². The lowest BCUT2D eigenvalue weighted by Crippen LogP contribution is -2.28. The van der Waals surface area contributed by atoms with Crippen molar-refractivity contribution in [1.29, 1.82) is 0 Å². The predicted molar refractivity (Wildman–Crippen MR) is 121 cm³/mol. The summed E-state index contributed by atoms with van der Waals surface area (Å²) in [6, 6.07) is 19.1. The van der Waals surface area contributed by atoms with Gasteiger partial charge in [0.2, 0.25) is 5.91 Å². The van der Waals surface area contributed by atoms with E-state index in [2.05, 4.69) is 5.32 Å². The van der Waals surface area contributed by atoms with E-state index >= 15 is 0 Å². The molecular formula is C24H24BNO5. The van der Waals surface area contributed by atoms with E-state index in [9.17, 15) is 9.82 Å². The largest absolute Gasteiger partial charge is 0.497 e. The average molecular weight is 417 g/mol. The molecule has 3 aromatic rings. The summed E-state index contributed by atoms with van der Waals surface area (Å²) in [6.45, 7) is 0.375. The van der Waals surface area contributed by atoms with Gasteiger partial charge in [-0.3, -0.25) is 4.79 Å². The third-order valence-electron chi connectivity index (χ3n) is 5.41. The van der Waals surface area contributed by atoms with Crippen molar-refractivity contribution in [2.24, 2.45) is 0 Å². The van der Waals surface area contributed by atoms with Gasteiger partial charge >= 0.3 is 7.12 Å². The second-order valence-corrected chi connectivity index (χ2v) is 7.38. The molecule has 0 fully saturated rings. The highest BCUT2D eigenvalue weighted by molar-refractivity contribution is 6.61. The van der Waals surface area contributed by atoms with Crippen LogP contribution < -0.4 is 20.3 Å². The molecule has 0 spiro atoms. The number of aryl methyl sites for hydroxylation is 1. The SMILES string of the molecule is COc1cc(OC)cc(-c2cccc(NC(=O)CCc3cccc4c3COB4O)c2)c1. The minimum Gasteiger partial charge on any atom is -0.497 e. The van der Waals surface area contributed by atoms with Crippen molar-refractivity contribution >= 4 is 24.2 Å². The zero-order valence-corrected chi connectivity index (χ0v) is 17.6. The number of amides is 1. The van der Waals surface area contributed by atoms with Gasteiger partial charge in [0.25, 0.3) is 0 Å². The molecule has 1 amide bonds. The Morgan fingerprint density at radius 2 is 1.77 bits per heavy atom. The quantitative estimate of drug-likeness (QED) is 0.578. The van der Waals surface area contributed by atoms with E-state index in [1.165, 1.54) is 0 Å². The Morgan fingerprint density at radius 3 is 2.52 bits per heavy atom. The van der Waals surface area contributed by atoms with Crippen molar-refractivity contribution in [3.63, 3.8) is 0 Å². The molecule has 31 heavy (non-hydrogen) atoms. The van der Waals surface area contributed by atoms with Crippen LogP contribution in [-0.2, 0) is 22.5 Å². The van der Waals surface area contributed by atoms with Gasteiger partial charge in [-0.15, -0.1) is 0 Å². The average Bonchev–Trinajstić information content (AvgIpc) is 3.19. The van der Waals surface area contributed by atoms with Crippen LogP contribution in [0.4, 0.5) is 5.69 Å². The molecule has 0 aromatic heterocycles. The van der Waals surface area contributed by atoms with Gasteiger partial charge in [-0.2, -0.15) is 0 Å². The number of anilines is 1. The van der Waals surface area contributed by atoms with E-state index in [1.807, 2.05) is 60.7 Å². The first-order chi connectivity index (χ1) is 15.1. The van der Waals surface area contributed by atoms with Crippen LogP contribution in [0.15, 0.2) is 60.7 Å². The first kappa shape index (κ1) is 21.0. The predicted octanol–water partition coefficient (Wildman–Crippen LogP) is 3.16. The maximum absolute atomic E-state index is 12.6. The minimum atomic E-state index is -0.873.